The molecule has 0 saturated carbocycles. The number of amides is 7. The number of hydrogen-bond acceptors (Lipinski definition) is 23. The number of alkyl carbamates (subject to hydrolysis) is 1. The number of esters is 1. The standard InChI is InChI=1S/C63H95N7O23/c1-79-21-22-81-25-26-83-29-30-85-33-34-87-37-38-89-41-42-90-40-39-88-36-35-86-32-31-84-28-27-82-24-23-80-20-19-64-56(71)18-17-54(70-63(78)93-48-53-15-9-4-10-16-53)61(76)66-44-57(72)65-46-59(74)69-55(43-51-11-5-2-6-12-51)62(77)67-45-58(73)68-50-91-49-60(75)92-47-52-13-7-3-8-14-52/h2-16,54-55H,17-50H2,1H3,(H,64,71)(H,65,72)(H,66,76)(H,67,77)(H,68,73)(H,69,74)(H,70,78)/t54-,55-/m0/s1. The summed E-state index contributed by atoms with van der Waals surface area (Å²) < 4.78 is 80.7. The van der Waals surface area contributed by atoms with Gasteiger partial charge in [0, 0.05) is 26.5 Å². The Balaban J connectivity index is 1.21. The molecule has 0 aromatic heterocycles. The highest BCUT2D eigenvalue weighted by atomic mass is 16.6. The van der Waals surface area contributed by atoms with Gasteiger partial charge in [-0.2, -0.15) is 0 Å². The zero-order valence-corrected chi connectivity index (χ0v) is 53.2. The normalized spacial score (nSPS) is 11.6. The summed E-state index contributed by atoms with van der Waals surface area (Å²) in [5.74, 6) is -4.81. The number of carbonyl (C=O) groups is 8. The van der Waals surface area contributed by atoms with Crippen molar-refractivity contribution in [1.29, 1.82) is 0 Å². The van der Waals surface area contributed by atoms with Gasteiger partial charge < -0.3 is 108 Å². The van der Waals surface area contributed by atoms with Crippen LogP contribution < -0.4 is 37.2 Å². The summed E-state index contributed by atoms with van der Waals surface area (Å²) in [6.07, 6.45) is -1.30. The summed E-state index contributed by atoms with van der Waals surface area (Å²) in [6.45, 7) is 7.51. The minimum atomic E-state index is -1.31. The fourth-order valence-electron chi connectivity index (χ4n) is 7.48. The molecule has 2 atom stereocenters. The molecule has 7 N–H and O–H groups in total. The second kappa shape index (κ2) is 56.3. The van der Waals surface area contributed by atoms with Gasteiger partial charge in [0.25, 0.3) is 0 Å². The van der Waals surface area contributed by atoms with Crippen LogP contribution in [0.2, 0.25) is 0 Å². The lowest BCUT2D eigenvalue weighted by molar-refractivity contribution is -0.151. The van der Waals surface area contributed by atoms with Crippen molar-refractivity contribution >= 4 is 47.5 Å². The third-order valence-corrected chi connectivity index (χ3v) is 12.3. The van der Waals surface area contributed by atoms with Gasteiger partial charge in [-0.15, -0.1) is 0 Å². The Morgan fingerprint density at radius 1 is 0.355 bits per heavy atom. The maximum Gasteiger partial charge on any atom is 0.408 e. The first-order chi connectivity index (χ1) is 45.5. The minimum absolute atomic E-state index is 0.0262. The van der Waals surface area contributed by atoms with Gasteiger partial charge in [-0.1, -0.05) is 91.0 Å². The van der Waals surface area contributed by atoms with Gasteiger partial charge in [-0.05, 0) is 23.1 Å². The van der Waals surface area contributed by atoms with Crippen molar-refractivity contribution in [3.8, 4) is 0 Å². The first-order valence-electron chi connectivity index (χ1n) is 30.8. The number of hydrogen-bond donors (Lipinski definition) is 7. The summed E-state index contributed by atoms with van der Waals surface area (Å²) in [4.78, 5) is 103. The van der Waals surface area contributed by atoms with Crippen LogP contribution in [0.1, 0.15) is 29.5 Å². The summed E-state index contributed by atoms with van der Waals surface area (Å²) in [5, 5.41) is 17.3. The fraction of sp³-hybridized carbons (Fsp3) is 0.587. The van der Waals surface area contributed by atoms with E-state index in [2.05, 4.69) is 37.2 Å². The quantitative estimate of drug-likeness (QED) is 0.0221. The van der Waals surface area contributed by atoms with Crippen LogP contribution in [0.15, 0.2) is 91.0 Å². The van der Waals surface area contributed by atoms with Crippen molar-refractivity contribution in [2.45, 2.75) is 44.6 Å². The van der Waals surface area contributed by atoms with Crippen molar-refractivity contribution < 1.29 is 109 Å². The summed E-state index contributed by atoms with van der Waals surface area (Å²) in [6, 6.07) is 24.1. The minimum Gasteiger partial charge on any atom is -0.459 e. The van der Waals surface area contributed by atoms with E-state index >= 15 is 0 Å². The molecule has 0 heterocycles. The Morgan fingerprint density at radius 2 is 0.731 bits per heavy atom. The van der Waals surface area contributed by atoms with Crippen molar-refractivity contribution in [3.05, 3.63) is 108 Å². The highest BCUT2D eigenvalue weighted by molar-refractivity contribution is 5.93. The molecule has 0 spiro atoms. The Hall–Kier alpha value is -7.30. The molecule has 0 radical (unpaired) electrons. The zero-order chi connectivity index (χ0) is 66.7. The molecule has 0 saturated heterocycles. The molecule has 0 bridgehead atoms. The molecule has 0 fully saturated rings. The maximum atomic E-state index is 13.4. The second-order valence-corrected chi connectivity index (χ2v) is 19.6. The van der Waals surface area contributed by atoms with E-state index in [9.17, 15) is 38.4 Å². The first-order valence-corrected chi connectivity index (χ1v) is 30.8. The van der Waals surface area contributed by atoms with Crippen molar-refractivity contribution in [2.24, 2.45) is 0 Å². The lowest BCUT2D eigenvalue weighted by Crippen LogP contribution is -2.53. The second-order valence-electron chi connectivity index (χ2n) is 19.6. The van der Waals surface area contributed by atoms with Crippen LogP contribution in [0, 0.1) is 0 Å². The molecule has 520 valence electrons. The zero-order valence-electron chi connectivity index (χ0n) is 53.2. The maximum absolute atomic E-state index is 13.4. The van der Waals surface area contributed by atoms with Crippen LogP contribution in [0.5, 0.6) is 0 Å². The number of benzene rings is 3. The van der Waals surface area contributed by atoms with Crippen LogP contribution in [0.4, 0.5) is 4.79 Å². The Labute approximate surface area is 543 Å². The highest BCUT2D eigenvalue weighted by Crippen LogP contribution is 2.06. The third kappa shape index (κ3) is 46.4. The molecular formula is C63H95N7O23. The topological polar surface area (TPSA) is 359 Å². The van der Waals surface area contributed by atoms with Crippen LogP contribution in [0.25, 0.3) is 0 Å². The van der Waals surface area contributed by atoms with Gasteiger partial charge >= 0.3 is 12.1 Å². The lowest BCUT2D eigenvalue weighted by Gasteiger charge is -2.19. The van der Waals surface area contributed by atoms with Gasteiger partial charge in [-0.3, -0.25) is 28.8 Å². The molecule has 30 heteroatoms. The van der Waals surface area contributed by atoms with E-state index in [-0.39, 0.29) is 59.0 Å². The smallest absolute Gasteiger partial charge is 0.408 e. The molecule has 0 unspecified atom stereocenters. The van der Waals surface area contributed by atoms with Gasteiger partial charge in [-0.25, -0.2) is 9.59 Å². The van der Waals surface area contributed by atoms with E-state index in [0.29, 0.717) is 150 Å². The number of rotatable bonds is 59. The van der Waals surface area contributed by atoms with Gasteiger partial charge in [0.05, 0.1) is 172 Å². The van der Waals surface area contributed by atoms with E-state index < -0.39 is 85.8 Å². The molecule has 3 aromatic rings. The van der Waals surface area contributed by atoms with Crippen LogP contribution in [0.3, 0.4) is 0 Å². The van der Waals surface area contributed by atoms with Gasteiger partial charge in [0.1, 0.15) is 38.6 Å². The third-order valence-electron chi connectivity index (χ3n) is 12.3. The number of carbonyl (C=O) groups excluding carboxylic acids is 8. The highest BCUT2D eigenvalue weighted by Gasteiger charge is 2.25. The number of nitrogens with one attached hydrogen (secondary N) is 7. The molecule has 3 aromatic carbocycles. The van der Waals surface area contributed by atoms with Gasteiger partial charge in [0.15, 0.2) is 0 Å². The molecule has 0 aliphatic heterocycles. The van der Waals surface area contributed by atoms with Crippen LogP contribution in [-0.2, 0) is 124 Å². The van der Waals surface area contributed by atoms with E-state index in [4.69, 9.17) is 71.1 Å². The summed E-state index contributed by atoms with van der Waals surface area (Å²) in [7, 11) is 1.63. The molecular weight excluding hydrogens is 1220 g/mol. The SMILES string of the molecule is COCCOCCOCCOCCOCCOCCOCCOCCOCCOCCOCCOCCNC(=O)CC[C@H](NC(=O)OCc1ccccc1)C(=O)NCC(=O)NCC(=O)N[C@@H](Cc1ccccc1)C(=O)NCC(=O)NCOCC(=O)OCc1ccccc1. The fourth-order valence-corrected chi connectivity index (χ4v) is 7.48. The predicted molar refractivity (Wildman–Crippen MR) is 333 cm³/mol. The summed E-state index contributed by atoms with van der Waals surface area (Å²) in [5.41, 5.74) is 2.16. The van der Waals surface area contributed by atoms with E-state index in [1.165, 1.54) is 0 Å². The number of methoxy groups -OCH3 is 1. The Kier molecular flexibility index (Phi) is 48.4. The Bertz CT molecular complexity index is 2440. The molecule has 0 aliphatic carbocycles. The molecule has 30 nitrogen and oxygen atoms in total. The average molecular weight is 1320 g/mol. The van der Waals surface area contributed by atoms with E-state index in [1.54, 1.807) is 79.9 Å². The largest absolute Gasteiger partial charge is 0.459 e. The molecule has 93 heavy (non-hydrogen) atoms. The molecule has 3 rings (SSSR count). The van der Waals surface area contributed by atoms with Crippen molar-refractivity contribution in [3.63, 3.8) is 0 Å². The molecule has 7 amide bonds. The summed E-state index contributed by atoms with van der Waals surface area (Å²) >= 11 is 0. The van der Waals surface area contributed by atoms with E-state index in [0.717, 1.165) is 5.56 Å². The van der Waals surface area contributed by atoms with Crippen LogP contribution >= 0.6 is 0 Å². The van der Waals surface area contributed by atoms with Crippen molar-refractivity contribution in [2.75, 3.05) is 199 Å². The monoisotopic (exact) mass is 1320 g/mol. The van der Waals surface area contributed by atoms with Crippen molar-refractivity contribution in [1.82, 2.24) is 37.2 Å². The Morgan fingerprint density at radius 3 is 1.17 bits per heavy atom. The number of ether oxygens (including phenoxy) is 15. The lowest BCUT2D eigenvalue weighted by atomic mass is 10.1. The first kappa shape index (κ1) is 79.9. The van der Waals surface area contributed by atoms with Crippen LogP contribution in [-0.4, -0.2) is 258 Å². The molecule has 0 aliphatic rings. The van der Waals surface area contributed by atoms with Gasteiger partial charge in [0.2, 0.25) is 35.4 Å². The van der Waals surface area contributed by atoms with E-state index in [1.807, 2.05) is 18.2 Å². The average Bonchev–Trinajstić information content (AvgIpc) is 3.79. The predicted octanol–water partition coefficient (Wildman–Crippen LogP) is -0.0834.